The molecule has 0 aliphatic heterocycles. The van der Waals surface area contributed by atoms with Gasteiger partial charge in [-0.2, -0.15) is 5.21 Å². The highest BCUT2D eigenvalue weighted by Gasteiger charge is 2.21. The lowest BCUT2D eigenvalue weighted by Crippen LogP contribution is -2.16. The fourth-order valence-corrected chi connectivity index (χ4v) is 4.25. The molecule has 4 rings (SSSR count). The van der Waals surface area contributed by atoms with Crippen LogP contribution in [0.25, 0.3) is 22.5 Å². The monoisotopic (exact) mass is 455 g/mol. The Bertz CT molecular complexity index is 1360. The van der Waals surface area contributed by atoms with Crippen molar-refractivity contribution >= 4 is 33.3 Å². The number of hydrogen-bond acceptors (Lipinski definition) is 6. The lowest BCUT2D eigenvalue weighted by Gasteiger charge is -2.13. The molecule has 3 N–H and O–H groups in total. The maximum Gasteiger partial charge on any atom is 0.337 e. The Balaban J connectivity index is 1.76. The molecule has 0 amide bonds. The van der Waals surface area contributed by atoms with Crippen LogP contribution in [0.1, 0.15) is 10.4 Å². The first kappa shape index (κ1) is 20.5. The third-order valence-electron chi connectivity index (χ3n) is 4.44. The Morgan fingerprint density at radius 1 is 1.00 bits per heavy atom. The van der Waals surface area contributed by atoms with E-state index < -0.39 is 16.0 Å². The van der Waals surface area contributed by atoms with Crippen LogP contribution in [0.3, 0.4) is 0 Å². The van der Waals surface area contributed by atoms with Crippen LogP contribution in [-0.2, 0) is 10.0 Å². The van der Waals surface area contributed by atoms with Gasteiger partial charge in [-0.05, 0) is 46.7 Å². The SMILES string of the molecule is O=C(O)c1ccc(-c2ccccc2)cc1NS(=O)(=O)c1ccc(Cl)c(-c2nn[nH]n2)c1. The molecule has 156 valence electrons. The fraction of sp³-hybridized carbons (Fsp3) is 0. The van der Waals surface area contributed by atoms with Gasteiger partial charge in [0.2, 0.25) is 5.82 Å². The summed E-state index contributed by atoms with van der Waals surface area (Å²) in [5.41, 5.74) is 1.48. The largest absolute Gasteiger partial charge is 0.478 e. The second kappa shape index (κ2) is 8.17. The molecular formula is C20H14ClN5O4S. The smallest absolute Gasteiger partial charge is 0.337 e. The highest BCUT2D eigenvalue weighted by Crippen LogP contribution is 2.30. The lowest BCUT2D eigenvalue weighted by molar-refractivity contribution is 0.0698. The number of sulfonamides is 1. The molecular weight excluding hydrogens is 442 g/mol. The molecule has 0 radical (unpaired) electrons. The summed E-state index contributed by atoms with van der Waals surface area (Å²) in [6, 6.07) is 17.6. The molecule has 0 aliphatic rings. The zero-order valence-electron chi connectivity index (χ0n) is 15.7. The number of nitrogens with zero attached hydrogens (tertiary/aromatic N) is 3. The number of nitrogens with one attached hydrogen (secondary N) is 2. The first-order valence-electron chi connectivity index (χ1n) is 8.84. The van der Waals surface area contributed by atoms with E-state index in [4.69, 9.17) is 11.6 Å². The van der Waals surface area contributed by atoms with Gasteiger partial charge in [-0.25, -0.2) is 13.2 Å². The summed E-state index contributed by atoms with van der Waals surface area (Å²) in [5.74, 6) is -1.14. The van der Waals surface area contributed by atoms with E-state index in [9.17, 15) is 18.3 Å². The predicted molar refractivity (Wildman–Crippen MR) is 114 cm³/mol. The van der Waals surface area contributed by atoms with Crippen LogP contribution in [0.5, 0.6) is 0 Å². The van der Waals surface area contributed by atoms with Crippen molar-refractivity contribution in [3.8, 4) is 22.5 Å². The van der Waals surface area contributed by atoms with Gasteiger partial charge < -0.3 is 5.11 Å². The van der Waals surface area contributed by atoms with Crippen LogP contribution in [0.2, 0.25) is 5.02 Å². The van der Waals surface area contributed by atoms with Crippen molar-refractivity contribution in [2.24, 2.45) is 0 Å². The highest BCUT2D eigenvalue weighted by molar-refractivity contribution is 7.92. The van der Waals surface area contributed by atoms with Gasteiger partial charge in [0.25, 0.3) is 10.0 Å². The third kappa shape index (κ3) is 4.25. The lowest BCUT2D eigenvalue weighted by atomic mass is 10.0. The molecule has 0 unspecified atom stereocenters. The summed E-state index contributed by atoms with van der Waals surface area (Å²) in [6.45, 7) is 0. The summed E-state index contributed by atoms with van der Waals surface area (Å²) >= 11 is 6.14. The minimum atomic E-state index is -4.16. The van der Waals surface area contributed by atoms with Crippen molar-refractivity contribution in [3.05, 3.63) is 77.3 Å². The first-order valence-corrected chi connectivity index (χ1v) is 10.7. The van der Waals surface area contributed by atoms with E-state index in [1.807, 2.05) is 30.3 Å². The predicted octanol–water partition coefficient (Wildman–Crippen LogP) is 3.69. The molecule has 0 fully saturated rings. The average Bonchev–Trinajstić information content (AvgIpc) is 3.28. The Hall–Kier alpha value is -3.76. The van der Waals surface area contributed by atoms with Gasteiger partial charge in [-0.15, -0.1) is 10.2 Å². The molecule has 0 saturated heterocycles. The molecule has 0 spiro atoms. The highest BCUT2D eigenvalue weighted by atomic mass is 35.5. The zero-order chi connectivity index (χ0) is 22.0. The number of benzene rings is 3. The molecule has 3 aromatic carbocycles. The van der Waals surface area contributed by atoms with Crippen molar-refractivity contribution in [3.63, 3.8) is 0 Å². The Kier molecular flexibility index (Phi) is 5.40. The van der Waals surface area contributed by atoms with E-state index in [2.05, 4.69) is 25.3 Å². The Morgan fingerprint density at radius 2 is 1.77 bits per heavy atom. The molecule has 0 bridgehead atoms. The summed E-state index contributed by atoms with van der Waals surface area (Å²) in [7, 11) is -4.16. The van der Waals surface area contributed by atoms with Gasteiger partial charge in [0, 0.05) is 5.56 Å². The van der Waals surface area contributed by atoms with Gasteiger partial charge in [0.05, 0.1) is 21.2 Å². The quantitative estimate of drug-likeness (QED) is 0.403. The number of halogens is 1. The molecule has 0 saturated carbocycles. The number of carbonyl (C=O) groups is 1. The first-order chi connectivity index (χ1) is 14.8. The van der Waals surface area contributed by atoms with Gasteiger partial charge in [-0.3, -0.25) is 4.72 Å². The molecule has 1 heterocycles. The molecule has 0 aliphatic carbocycles. The van der Waals surface area contributed by atoms with Crippen LogP contribution in [0.15, 0.2) is 71.6 Å². The summed E-state index contributed by atoms with van der Waals surface area (Å²) in [4.78, 5) is 11.5. The van der Waals surface area contributed by atoms with Gasteiger partial charge in [-0.1, -0.05) is 48.0 Å². The van der Waals surface area contributed by atoms with Crippen molar-refractivity contribution in [1.82, 2.24) is 20.6 Å². The van der Waals surface area contributed by atoms with Crippen LogP contribution >= 0.6 is 11.6 Å². The van der Waals surface area contributed by atoms with Crippen molar-refractivity contribution in [2.45, 2.75) is 4.90 Å². The van der Waals surface area contributed by atoms with Crippen molar-refractivity contribution in [1.29, 1.82) is 0 Å². The number of H-pyrrole nitrogens is 1. The molecule has 1 aromatic heterocycles. The fourth-order valence-electron chi connectivity index (χ4n) is 2.95. The maximum absolute atomic E-state index is 13.0. The number of aromatic amines is 1. The maximum atomic E-state index is 13.0. The molecule has 4 aromatic rings. The second-order valence-electron chi connectivity index (χ2n) is 6.41. The van der Waals surface area contributed by atoms with Crippen LogP contribution in [0.4, 0.5) is 5.69 Å². The summed E-state index contributed by atoms with van der Waals surface area (Å²) in [5, 5.41) is 23.1. The number of aromatic nitrogens is 4. The zero-order valence-corrected chi connectivity index (χ0v) is 17.2. The number of carboxylic acid groups (broad SMARTS) is 1. The number of hydrogen-bond donors (Lipinski definition) is 3. The third-order valence-corrected chi connectivity index (χ3v) is 6.13. The second-order valence-corrected chi connectivity index (χ2v) is 8.50. The van der Waals surface area contributed by atoms with Gasteiger partial charge in [0.15, 0.2) is 0 Å². The summed E-state index contributed by atoms with van der Waals surface area (Å²) in [6.07, 6.45) is 0. The average molecular weight is 456 g/mol. The molecule has 0 atom stereocenters. The van der Waals surface area contributed by atoms with E-state index in [-0.39, 0.29) is 32.6 Å². The standard InChI is InChI=1S/C20H14ClN5O4S/c21-17-9-7-14(11-16(17)19-22-25-26-23-19)31(29,30)24-18-10-13(6-8-15(18)20(27)28)12-4-2-1-3-5-12/h1-11,24H,(H,27,28)(H,22,23,25,26). The number of tetrazole rings is 1. The minimum absolute atomic E-state index is 0.0649. The van der Waals surface area contributed by atoms with E-state index in [0.29, 0.717) is 5.56 Å². The van der Waals surface area contributed by atoms with E-state index in [0.717, 1.165) is 5.56 Å². The van der Waals surface area contributed by atoms with Gasteiger partial charge >= 0.3 is 5.97 Å². The van der Waals surface area contributed by atoms with E-state index in [1.165, 1.54) is 30.3 Å². The van der Waals surface area contributed by atoms with Crippen LogP contribution < -0.4 is 4.72 Å². The normalized spacial score (nSPS) is 11.3. The van der Waals surface area contributed by atoms with Crippen molar-refractivity contribution in [2.75, 3.05) is 4.72 Å². The number of anilines is 1. The van der Waals surface area contributed by atoms with E-state index in [1.54, 1.807) is 6.07 Å². The van der Waals surface area contributed by atoms with Gasteiger partial charge in [0.1, 0.15) is 0 Å². The number of aromatic carboxylic acids is 1. The van der Waals surface area contributed by atoms with Crippen molar-refractivity contribution < 1.29 is 18.3 Å². The molecule has 9 nitrogen and oxygen atoms in total. The molecule has 11 heteroatoms. The van der Waals surface area contributed by atoms with E-state index >= 15 is 0 Å². The Morgan fingerprint density at radius 3 is 2.45 bits per heavy atom. The number of rotatable bonds is 6. The van der Waals surface area contributed by atoms with Crippen LogP contribution in [0, 0.1) is 0 Å². The number of carboxylic acids is 1. The molecule has 31 heavy (non-hydrogen) atoms. The Labute approximate surface area is 181 Å². The summed E-state index contributed by atoms with van der Waals surface area (Å²) < 4.78 is 28.5. The topological polar surface area (TPSA) is 138 Å². The minimum Gasteiger partial charge on any atom is -0.478 e. The van der Waals surface area contributed by atoms with Crippen LogP contribution in [-0.4, -0.2) is 40.1 Å².